The molecule has 0 fully saturated rings. The first kappa shape index (κ1) is 22.4. The number of rotatable bonds is 9. The monoisotopic (exact) mass is 441 g/mol. The number of carbonyl (C=O) groups excluding carboxylic acids is 1. The minimum Gasteiger partial charge on any atom is -0.493 e. The van der Waals surface area contributed by atoms with E-state index in [0.29, 0.717) is 22.4 Å². The second-order valence-corrected chi connectivity index (χ2v) is 7.84. The van der Waals surface area contributed by atoms with Crippen LogP contribution in [-0.4, -0.2) is 36.8 Å². The molecule has 0 saturated carbocycles. The third-order valence-corrected chi connectivity index (χ3v) is 5.76. The zero-order chi connectivity index (χ0) is 22.5. The molecule has 2 aromatic heterocycles. The molecule has 7 nitrogen and oxygen atoms in total. The molecule has 1 amide bonds. The molecule has 0 aliphatic rings. The van der Waals surface area contributed by atoms with Gasteiger partial charge in [-0.15, -0.1) is 17.9 Å². The van der Waals surface area contributed by atoms with Gasteiger partial charge in [-0.25, -0.2) is 4.98 Å². The van der Waals surface area contributed by atoms with E-state index in [2.05, 4.69) is 41.4 Å². The van der Waals surface area contributed by atoms with Gasteiger partial charge in [-0.1, -0.05) is 6.08 Å². The number of carbonyl (C=O) groups is 1. The number of methoxy groups -OCH3 is 3. The molecule has 8 heteroatoms. The van der Waals surface area contributed by atoms with E-state index in [1.165, 1.54) is 11.3 Å². The number of ether oxygens (including phenoxy) is 3. The van der Waals surface area contributed by atoms with Crippen LogP contribution in [-0.2, 0) is 17.8 Å². The first-order valence-corrected chi connectivity index (χ1v) is 10.6. The van der Waals surface area contributed by atoms with E-state index < -0.39 is 0 Å². The average Bonchev–Trinajstić information content (AvgIpc) is 3.32. The first-order valence-electron chi connectivity index (χ1n) is 9.74. The molecule has 0 atom stereocenters. The average molecular weight is 442 g/mol. The molecule has 0 unspecified atom stereocenters. The van der Waals surface area contributed by atoms with Crippen LogP contribution in [0.15, 0.2) is 36.2 Å². The van der Waals surface area contributed by atoms with Crippen molar-refractivity contribution in [1.29, 1.82) is 0 Å². The first-order chi connectivity index (χ1) is 14.9. The van der Waals surface area contributed by atoms with Gasteiger partial charge in [-0.2, -0.15) is 0 Å². The summed E-state index contributed by atoms with van der Waals surface area (Å²) in [6.07, 6.45) is 2.03. The van der Waals surface area contributed by atoms with Gasteiger partial charge in [0.15, 0.2) is 16.6 Å². The lowest BCUT2D eigenvalue weighted by Gasteiger charge is -2.13. The lowest BCUT2D eigenvalue weighted by atomic mass is 10.1. The van der Waals surface area contributed by atoms with E-state index in [4.69, 9.17) is 14.2 Å². The largest absolute Gasteiger partial charge is 0.493 e. The van der Waals surface area contributed by atoms with Gasteiger partial charge < -0.3 is 24.1 Å². The number of nitrogens with one attached hydrogen (secondary N) is 1. The third-order valence-electron chi connectivity index (χ3n) is 5.00. The highest BCUT2D eigenvalue weighted by Gasteiger charge is 2.17. The molecule has 1 N–H and O–H groups in total. The SMILES string of the molecule is C=CCn1c(C)cc(-c2csc(NC(=O)Cc3cc(OC)c(OC)c(OC)c3)n2)c1C. The highest BCUT2D eigenvalue weighted by molar-refractivity contribution is 7.14. The molecule has 0 radical (unpaired) electrons. The molecule has 0 saturated heterocycles. The lowest BCUT2D eigenvalue weighted by molar-refractivity contribution is -0.115. The van der Waals surface area contributed by atoms with Gasteiger partial charge in [0.25, 0.3) is 0 Å². The summed E-state index contributed by atoms with van der Waals surface area (Å²) in [6.45, 7) is 8.69. The molecule has 2 heterocycles. The van der Waals surface area contributed by atoms with Gasteiger partial charge in [-0.05, 0) is 37.6 Å². The number of aromatic nitrogens is 2. The van der Waals surface area contributed by atoms with E-state index >= 15 is 0 Å². The van der Waals surface area contributed by atoms with Crippen molar-refractivity contribution in [2.45, 2.75) is 26.8 Å². The van der Waals surface area contributed by atoms with E-state index in [1.807, 2.05) is 11.5 Å². The quantitative estimate of drug-likeness (QED) is 0.491. The smallest absolute Gasteiger partial charge is 0.230 e. The molecule has 1 aromatic carbocycles. The normalized spacial score (nSPS) is 10.6. The van der Waals surface area contributed by atoms with E-state index in [-0.39, 0.29) is 12.3 Å². The van der Waals surface area contributed by atoms with Crippen LogP contribution in [0.5, 0.6) is 17.2 Å². The second kappa shape index (κ2) is 9.70. The zero-order valence-corrected chi connectivity index (χ0v) is 19.3. The van der Waals surface area contributed by atoms with Gasteiger partial charge in [0, 0.05) is 28.9 Å². The summed E-state index contributed by atoms with van der Waals surface area (Å²) >= 11 is 1.40. The summed E-state index contributed by atoms with van der Waals surface area (Å²) in [5, 5.41) is 5.39. The molecular weight excluding hydrogens is 414 g/mol. The highest BCUT2D eigenvalue weighted by atomic mass is 32.1. The van der Waals surface area contributed by atoms with Crippen molar-refractivity contribution in [2.24, 2.45) is 0 Å². The van der Waals surface area contributed by atoms with Crippen LogP contribution >= 0.6 is 11.3 Å². The van der Waals surface area contributed by atoms with Crippen molar-refractivity contribution in [3.05, 3.63) is 53.2 Å². The molecule has 0 aliphatic carbocycles. The standard InChI is InChI=1S/C23H27N3O4S/c1-7-8-26-14(2)9-17(15(26)3)18-13-31-23(24-18)25-21(27)12-16-10-19(28-4)22(30-6)20(11-16)29-5/h7,9-11,13H,1,8,12H2,2-6H3,(H,24,25,27). The molecule has 0 spiro atoms. The number of allylic oxidation sites excluding steroid dienone is 1. The Morgan fingerprint density at radius 1 is 1.16 bits per heavy atom. The number of thiazole rings is 1. The Labute approximate surface area is 186 Å². The summed E-state index contributed by atoms with van der Waals surface area (Å²) in [7, 11) is 4.64. The lowest BCUT2D eigenvalue weighted by Crippen LogP contribution is -2.14. The van der Waals surface area contributed by atoms with Crippen molar-refractivity contribution in [3.63, 3.8) is 0 Å². The van der Waals surface area contributed by atoms with Gasteiger partial charge >= 0.3 is 0 Å². The molecule has 164 valence electrons. The fourth-order valence-corrected chi connectivity index (χ4v) is 4.24. The summed E-state index contributed by atoms with van der Waals surface area (Å²) < 4.78 is 18.2. The van der Waals surface area contributed by atoms with Crippen LogP contribution < -0.4 is 19.5 Å². The Balaban J connectivity index is 1.75. The van der Waals surface area contributed by atoms with E-state index in [1.54, 1.807) is 33.5 Å². The van der Waals surface area contributed by atoms with Crippen molar-refractivity contribution >= 4 is 22.4 Å². The van der Waals surface area contributed by atoms with E-state index in [0.717, 1.165) is 34.8 Å². The molecule has 31 heavy (non-hydrogen) atoms. The van der Waals surface area contributed by atoms with Crippen LogP contribution in [0.2, 0.25) is 0 Å². The maximum Gasteiger partial charge on any atom is 0.230 e. The van der Waals surface area contributed by atoms with Gasteiger partial charge in [0.2, 0.25) is 11.7 Å². The topological polar surface area (TPSA) is 74.6 Å². The summed E-state index contributed by atoms with van der Waals surface area (Å²) in [6, 6.07) is 5.64. The maximum absolute atomic E-state index is 12.6. The molecule has 3 rings (SSSR count). The van der Waals surface area contributed by atoms with Gasteiger partial charge in [0.05, 0.1) is 33.4 Å². The number of anilines is 1. The molecule has 0 bridgehead atoms. The minimum absolute atomic E-state index is 0.152. The fraction of sp³-hybridized carbons (Fsp3) is 0.304. The van der Waals surface area contributed by atoms with Crippen LogP contribution in [0.1, 0.15) is 17.0 Å². The molecule has 3 aromatic rings. The van der Waals surface area contributed by atoms with Crippen LogP contribution in [0.25, 0.3) is 11.3 Å². The number of benzene rings is 1. The van der Waals surface area contributed by atoms with Gasteiger partial charge in [0.1, 0.15) is 0 Å². The van der Waals surface area contributed by atoms with Crippen molar-refractivity contribution in [3.8, 4) is 28.5 Å². The third kappa shape index (κ3) is 4.74. The van der Waals surface area contributed by atoms with E-state index in [9.17, 15) is 4.79 Å². The Kier molecular flexibility index (Phi) is 7.02. The maximum atomic E-state index is 12.6. The van der Waals surface area contributed by atoms with Crippen molar-refractivity contribution in [1.82, 2.24) is 9.55 Å². The number of hydrogen-bond acceptors (Lipinski definition) is 6. The second-order valence-electron chi connectivity index (χ2n) is 6.98. The molecule has 0 aliphatic heterocycles. The Bertz CT molecular complexity index is 1080. The molecular formula is C23H27N3O4S. The number of aryl methyl sites for hydroxylation is 1. The van der Waals surface area contributed by atoms with Crippen LogP contribution in [0.3, 0.4) is 0 Å². The summed E-state index contributed by atoms with van der Waals surface area (Å²) in [4.78, 5) is 17.2. The van der Waals surface area contributed by atoms with Crippen LogP contribution in [0, 0.1) is 13.8 Å². The van der Waals surface area contributed by atoms with Crippen molar-refractivity contribution < 1.29 is 19.0 Å². The number of hydrogen-bond donors (Lipinski definition) is 1. The minimum atomic E-state index is -0.174. The summed E-state index contributed by atoms with van der Waals surface area (Å²) in [5.74, 6) is 1.34. The predicted molar refractivity (Wildman–Crippen MR) is 124 cm³/mol. The van der Waals surface area contributed by atoms with Crippen molar-refractivity contribution in [2.75, 3.05) is 26.6 Å². The highest BCUT2D eigenvalue weighted by Crippen LogP contribution is 2.38. The number of amides is 1. The van der Waals surface area contributed by atoms with Crippen LogP contribution in [0.4, 0.5) is 5.13 Å². The summed E-state index contributed by atoms with van der Waals surface area (Å²) in [5.41, 5.74) is 4.92. The Morgan fingerprint density at radius 3 is 2.42 bits per heavy atom. The Morgan fingerprint density at radius 2 is 1.84 bits per heavy atom. The van der Waals surface area contributed by atoms with Gasteiger partial charge in [-0.3, -0.25) is 4.79 Å². The fourth-order valence-electron chi connectivity index (χ4n) is 3.51. The predicted octanol–water partition coefficient (Wildman–Crippen LogP) is 4.62. The number of nitrogens with zero attached hydrogens (tertiary/aromatic N) is 2. The Hall–Kier alpha value is -3.26. The zero-order valence-electron chi connectivity index (χ0n) is 18.4.